The fraction of sp³-hybridized carbons (Fsp3) is 0.385. The summed E-state index contributed by atoms with van der Waals surface area (Å²) in [6.07, 6.45) is 1.46. The Balaban J connectivity index is 2.00. The number of anilines is 1. The Kier molecular flexibility index (Phi) is 4.19. The maximum absolute atomic E-state index is 12.9. The van der Waals surface area contributed by atoms with E-state index in [2.05, 4.69) is 21.2 Å². The number of amides is 1. The van der Waals surface area contributed by atoms with Crippen LogP contribution in [-0.2, 0) is 9.59 Å². The van der Waals surface area contributed by atoms with Gasteiger partial charge in [0.05, 0.1) is 11.6 Å². The van der Waals surface area contributed by atoms with Crippen LogP contribution in [0.3, 0.4) is 0 Å². The van der Waals surface area contributed by atoms with Crippen LogP contribution < -0.4 is 5.32 Å². The molecule has 1 aromatic rings. The van der Waals surface area contributed by atoms with Gasteiger partial charge < -0.3 is 10.4 Å². The summed E-state index contributed by atoms with van der Waals surface area (Å²) in [6, 6.07) is 4.00. The van der Waals surface area contributed by atoms with Crippen LogP contribution in [0.1, 0.15) is 19.3 Å². The lowest BCUT2D eigenvalue weighted by Gasteiger charge is -2.12. The van der Waals surface area contributed by atoms with Crippen molar-refractivity contribution in [1.82, 2.24) is 0 Å². The highest BCUT2D eigenvalue weighted by Gasteiger charge is 2.33. The van der Waals surface area contributed by atoms with Crippen molar-refractivity contribution in [3.05, 3.63) is 28.5 Å². The van der Waals surface area contributed by atoms with Crippen molar-refractivity contribution in [1.29, 1.82) is 0 Å². The average molecular weight is 330 g/mol. The minimum Gasteiger partial charge on any atom is -0.481 e. The predicted molar refractivity (Wildman–Crippen MR) is 71.2 cm³/mol. The Morgan fingerprint density at radius 3 is 2.58 bits per heavy atom. The van der Waals surface area contributed by atoms with Crippen LogP contribution >= 0.6 is 15.9 Å². The van der Waals surface area contributed by atoms with Gasteiger partial charge in [0.1, 0.15) is 5.82 Å². The molecule has 1 saturated carbocycles. The van der Waals surface area contributed by atoms with Crippen molar-refractivity contribution in [3.8, 4) is 0 Å². The highest BCUT2D eigenvalue weighted by molar-refractivity contribution is 9.10. The number of carboxylic acid groups (broad SMARTS) is 1. The van der Waals surface area contributed by atoms with E-state index in [4.69, 9.17) is 5.11 Å². The first-order valence-electron chi connectivity index (χ1n) is 5.96. The van der Waals surface area contributed by atoms with Gasteiger partial charge in [-0.15, -0.1) is 0 Å². The van der Waals surface area contributed by atoms with E-state index in [1.165, 1.54) is 18.2 Å². The van der Waals surface area contributed by atoms with Crippen LogP contribution in [0.4, 0.5) is 10.1 Å². The largest absolute Gasteiger partial charge is 0.481 e. The Morgan fingerprint density at radius 2 is 2.00 bits per heavy atom. The predicted octanol–water partition coefficient (Wildman–Crippen LogP) is 3.03. The number of halogens is 2. The Morgan fingerprint density at radius 1 is 1.32 bits per heavy atom. The molecule has 2 unspecified atom stereocenters. The molecule has 2 rings (SSSR count). The van der Waals surface area contributed by atoms with Crippen LogP contribution in [-0.4, -0.2) is 17.0 Å². The first-order chi connectivity index (χ1) is 8.97. The van der Waals surface area contributed by atoms with Crippen LogP contribution in [0.25, 0.3) is 0 Å². The Hall–Kier alpha value is -1.43. The van der Waals surface area contributed by atoms with Gasteiger partial charge in [0.25, 0.3) is 0 Å². The minimum atomic E-state index is -0.849. The van der Waals surface area contributed by atoms with Crippen molar-refractivity contribution in [2.24, 2.45) is 11.8 Å². The fourth-order valence-electron chi connectivity index (χ4n) is 2.27. The van der Waals surface area contributed by atoms with Gasteiger partial charge in [-0.25, -0.2) is 4.39 Å². The summed E-state index contributed by atoms with van der Waals surface area (Å²) in [5.74, 6) is -2.18. The lowest BCUT2D eigenvalue weighted by molar-refractivity contribution is -0.141. The highest BCUT2D eigenvalue weighted by atomic mass is 79.9. The molecule has 0 heterocycles. The van der Waals surface area contributed by atoms with Gasteiger partial charge in [-0.3, -0.25) is 9.59 Å². The van der Waals surface area contributed by atoms with Crippen molar-refractivity contribution in [2.75, 3.05) is 5.32 Å². The summed E-state index contributed by atoms with van der Waals surface area (Å²) >= 11 is 3.17. The number of nitrogens with one attached hydrogen (secondary N) is 1. The summed E-state index contributed by atoms with van der Waals surface area (Å²) < 4.78 is 13.4. The molecular formula is C13H13BrFNO3. The first-order valence-corrected chi connectivity index (χ1v) is 6.75. The van der Waals surface area contributed by atoms with E-state index in [-0.39, 0.29) is 11.8 Å². The van der Waals surface area contributed by atoms with E-state index in [0.717, 1.165) is 0 Å². The zero-order valence-corrected chi connectivity index (χ0v) is 11.6. The van der Waals surface area contributed by atoms with Gasteiger partial charge in [0, 0.05) is 10.4 Å². The second kappa shape index (κ2) is 5.69. The van der Waals surface area contributed by atoms with E-state index in [0.29, 0.717) is 29.4 Å². The standard InChI is InChI=1S/C13H13BrFNO3/c14-10-6-9(15)3-4-11(10)16-12(17)7-1-2-8(5-7)13(18)19/h3-4,6-8H,1-2,5H2,(H,16,17)(H,18,19). The number of hydrogen-bond donors (Lipinski definition) is 2. The van der Waals surface area contributed by atoms with E-state index in [9.17, 15) is 14.0 Å². The third-order valence-electron chi connectivity index (χ3n) is 3.34. The van der Waals surface area contributed by atoms with Crippen LogP contribution in [0.15, 0.2) is 22.7 Å². The van der Waals surface area contributed by atoms with E-state index in [1.807, 2.05) is 0 Å². The molecule has 1 aliphatic rings. The number of benzene rings is 1. The van der Waals surface area contributed by atoms with Crippen molar-refractivity contribution in [2.45, 2.75) is 19.3 Å². The van der Waals surface area contributed by atoms with Gasteiger partial charge in [0.15, 0.2) is 0 Å². The molecule has 2 N–H and O–H groups in total. The lowest BCUT2D eigenvalue weighted by Crippen LogP contribution is -2.21. The molecule has 1 amide bonds. The van der Waals surface area contributed by atoms with E-state index < -0.39 is 17.7 Å². The normalized spacial score (nSPS) is 22.2. The van der Waals surface area contributed by atoms with Crippen molar-refractivity contribution >= 4 is 33.5 Å². The molecule has 0 bridgehead atoms. The molecule has 19 heavy (non-hydrogen) atoms. The number of carbonyl (C=O) groups is 2. The molecule has 6 heteroatoms. The zero-order valence-electron chi connectivity index (χ0n) is 10.0. The Labute approximate surface area is 118 Å². The van der Waals surface area contributed by atoms with E-state index >= 15 is 0 Å². The summed E-state index contributed by atoms with van der Waals surface area (Å²) in [5.41, 5.74) is 0.491. The van der Waals surface area contributed by atoms with Crippen LogP contribution in [0.2, 0.25) is 0 Å². The number of carbonyl (C=O) groups excluding carboxylic acids is 1. The topological polar surface area (TPSA) is 66.4 Å². The summed E-state index contributed by atoms with van der Waals surface area (Å²) in [7, 11) is 0. The summed E-state index contributed by atoms with van der Waals surface area (Å²) in [5, 5.41) is 11.6. The van der Waals surface area contributed by atoms with Crippen molar-refractivity contribution < 1.29 is 19.1 Å². The molecule has 0 saturated heterocycles. The summed E-state index contributed by atoms with van der Waals surface area (Å²) in [6.45, 7) is 0. The molecule has 0 aromatic heterocycles. The molecule has 1 aliphatic carbocycles. The monoisotopic (exact) mass is 329 g/mol. The fourth-order valence-corrected chi connectivity index (χ4v) is 2.72. The molecule has 0 spiro atoms. The van der Waals surface area contributed by atoms with Crippen LogP contribution in [0, 0.1) is 17.7 Å². The lowest BCUT2D eigenvalue weighted by atomic mass is 10.0. The maximum Gasteiger partial charge on any atom is 0.306 e. The third-order valence-corrected chi connectivity index (χ3v) is 4.00. The van der Waals surface area contributed by atoms with Gasteiger partial charge in [0.2, 0.25) is 5.91 Å². The highest BCUT2D eigenvalue weighted by Crippen LogP contribution is 2.32. The molecule has 1 aromatic carbocycles. The number of hydrogen-bond acceptors (Lipinski definition) is 2. The molecule has 0 aliphatic heterocycles. The third kappa shape index (κ3) is 3.32. The van der Waals surface area contributed by atoms with E-state index in [1.54, 1.807) is 0 Å². The van der Waals surface area contributed by atoms with Gasteiger partial charge in [-0.1, -0.05) is 0 Å². The molecule has 1 fully saturated rings. The van der Waals surface area contributed by atoms with Gasteiger partial charge in [-0.2, -0.15) is 0 Å². The van der Waals surface area contributed by atoms with Gasteiger partial charge >= 0.3 is 5.97 Å². The first kappa shape index (κ1) is 14.0. The molecule has 4 nitrogen and oxygen atoms in total. The quantitative estimate of drug-likeness (QED) is 0.895. The van der Waals surface area contributed by atoms with Crippen LogP contribution in [0.5, 0.6) is 0 Å². The molecule has 102 valence electrons. The second-order valence-corrected chi connectivity index (χ2v) is 5.51. The molecule has 0 radical (unpaired) electrons. The SMILES string of the molecule is O=C(O)C1CCC(C(=O)Nc2ccc(F)cc2Br)C1. The number of aliphatic carboxylic acids is 1. The zero-order chi connectivity index (χ0) is 14.0. The molecular weight excluding hydrogens is 317 g/mol. The van der Waals surface area contributed by atoms with Crippen molar-refractivity contribution in [3.63, 3.8) is 0 Å². The maximum atomic E-state index is 12.9. The number of rotatable bonds is 3. The minimum absolute atomic E-state index is 0.212. The van der Waals surface area contributed by atoms with Gasteiger partial charge in [-0.05, 0) is 53.4 Å². The number of carboxylic acids is 1. The summed E-state index contributed by atoms with van der Waals surface area (Å²) in [4.78, 5) is 22.8. The second-order valence-electron chi connectivity index (χ2n) is 4.66. The Bertz CT molecular complexity index is 521. The molecule has 2 atom stereocenters. The average Bonchev–Trinajstić information content (AvgIpc) is 2.82. The smallest absolute Gasteiger partial charge is 0.306 e.